The number of phenols is 1. The molecule has 25 heavy (non-hydrogen) atoms. The van der Waals surface area contributed by atoms with Crippen LogP contribution in [-0.4, -0.2) is 23.6 Å². The highest BCUT2D eigenvalue weighted by atomic mass is 32.2. The molecule has 3 N–H and O–H groups in total. The van der Waals surface area contributed by atoms with Gasteiger partial charge in [0.05, 0.1) is 11.2 Å². The van der Waals surface area contributed by atoms with Crippen LogP contribution in [0.5, 0.6) is 5.75 Å². The first-order valence-corrected chi connectivity index (χ1v) is 10.1. The van der Waals surface area contributed by atoms with Crippen molar-refractivity contribution >= 4 is 27.2 Å². The van der Waals surface area contributed by atoms with Crippen LogP contribution in [0.15, 0.2) is 36.5 Å². The Balaban J connectivity index is 1.71. The molecule has 2 heterocycles. The maximum absolute atomic E-state index is 11.9. The quantitative estimate of drug-likeness (QED) is 0.714. The van der Waals surface area contributed by atoms with Gasteiger partial charge in [0.1, 0.15) is 11.4 Å². The van der Waals surface area contributed by atoms with Gasteiger partial charge < -0.3 is 10.2 Å². The van der Waals surface area contributed by atoms with Crippen LogP contribution in [0.2, 0.25) is 0 Å². The van der Waals surface area contributed by atoms with E-state index in [1.54, 1.807) is 23.5 Å². The van der Waals surface area contributed by atoms with Gasteiger partial charge in [0.2, 0.25) is 5.88 Å². The number of aliphatic hydroxyl groups excluding tert-OH is 1. The fraction of sp³-hybridized carbons (Fsp3) is 0.312. The van der Waals surface area contributed by atoms with Gasteiger partial charge in [0, 0.05) is 11.1 Å². The van der Waals surface area contributed by atoms with E-state index in [9.17, 15) is 18.6 Å². The van der Waals surface area contributed by atoms with Gasteiger partial charge >= 0.3 is 10.2 Å². The van der Waals surface area contributed by atoms with Crippen molar-refractivity contribution in [3.63, 3.8) is 0 Å². The summed E-state index contributed by atoms with van der Waals surface area (Å²) in [5.74, 6) is -0.652. The third-order valence-electron chi connectivity index (χ3n) is 3.73. The van der Waals surface area contributed by atoms with Crippen LogP contribution in [-0.2, 0) is 29.5 Å². The Bertz CT molecular complexity index is 906. The number of aliphatic hydroxyl groups is 1. The monoisotopic (exact) mass is 381 g/mol. The number of phenolic OH excluding ortho intramolecular Hbond substituents is 1. The second kappa shape index (κ2) is 6.93. The van der Waals surface area contributed by atoms with Crippen LogP contribution in [0.3, 0.4) is 0 Å². The highest BCUT2D eigenvalue weighted by Crippen LogP contribution is 2.32. The minimum atomic E-state index is -3.91. The number of hydrogen-bond donors (Lipinski definition) is 3. The number of hydrogen-bond acceptors (Lipinski definition) is 6. The largest absolute Gasteiger partial charge is 0.506 e. The van der Waals surface area contributed by atoms with Crippen molar-refractivity contribution in [1.29, 1.82) is 0 Å². The summed E-state index contributed by atoms with van der Waals surface area (Å²) >= 11 is 1.70. The van der Waals surface area contributed by atoms with Gasteiger partial charge in [-0.1, -0.05) is 13.0 Å². The van der Waals surface area contributed by atoms with Gasteiger partial charge in [-0.3, -0.25) is 0 Å². The van der Waals surface area contributed by atoms with Crippen molar-refractivity contribution in [1.82, 2.24) is 9.71 Å². The Hall–Kier alpha value is -2.26. The first-order chi connectivity index (χ1) is 11.9. The molecule has 0 saturated heterocycles. The van der Waals surface area contributed by atoms with E-state index in [-0.39, 0.29) is 11.4 Å². The van der Waals surface area contributed by atoms with Crippen molar-refractivity contribution in [2.45, 2.75) is 32.6 Å². The fourth-order valence-electron chi connectivity index (χ4n) is 2.56. The van der Waals surface area contributed by atoms with Crippen molar-refractivity contribution in [3.05, 3.63) is 51.9 Å². The Kier molecular flexibility index (Phi) is 4.87. The summed E-state index contributed by atoms with van der Waals surface area (Å²) in [5, 5.41) is 20.7. The summed E-state index contributed by atoms with van der Waals surface area (Å²) in [7, 11) is -3.91. The van der Waals surface area contributed by atoms with Gasteiger partial charge in [0.15, 0.2) is 0 Å². The van der Waals surface area contributed by atoms with E-state index in [1.807, 2.05) is 10.9 Å². The highest BCUT2D eigenvalue weighted by molar-refractivity contribution is 7.91. The maximum Gasteiger partial charge on any atom is 0.330 e. The molecule has 0 unspecified atom stereocenters. The molecule has 0 radical (unpaired) electrons. The minimum absolute atomic E-state index is 0.0864. The van der Waals surface area contributed by atoms with Crippen LogP contribution in [0, 0.1) is 0 Å². The van der Waals surface area contributed by atoms with Crippen LogP contribution < -0.4 is 9.03 Å². The molecule has 0 aliphatic carbocycles. The van der Waals surface area contributed by atoms with E-state index in [0.29, 0.717) is 6.42 Å². The van der Waals surface area contributed by atoms with E-state index >= 15 is 0 Å². The first kappa shape index (κ1) is 17.6. The molecule has 0 saturated carbocycles. The number of aromatic nitrogens is 1. The smallest absolute Gasteiger partial charge is 0.330 e. The summed E-state index contributed by atoms with van der Waals surface area (Å²) in [5.41, 5.74) is 0.979. The van der Waals surface area contributed by atoms with Crippen LogP contribution >= 0.6 is 11.3 Å². The zero-order chi connectivity index (χ0) is 18.0. The minimum Gasteiger partial charge on any atom is -0.506 e. The Morgan fingerprint density at radius 3 is 2.68 bits per heavy atom. The number of nitrogens with one attached hydrogen (secondary N) is 1. The Morgan fingerprint density at radius 2 is 2.04 bits per heavy atom. The summed E-state index contributed by atoms with van der Waals surface area (Å²) in [6.07, 6.45) is 6.48. The molecule has 0 amide bonds. The number of rotatable bonds is 6. The standard InChI is InChI=1S/C16H19N3O4S2/c1-2-3-16-17-9-12(24-16)6-4-11-5-7-13(14(20)8-11)19-10-15(21)18-25(19,22)23/h5,7-10,18,20-21H,2-4,6H2,1H3. The molecule has 7 nitrogen and oxygen atoms in total. The molecule has 0 spiro atoms. The van der Waals surface area contributed by atoms with Crippen molar-refractivity contribution in [3.8, 4) is 5.75 Å². The molecular weight excluding hydrogens is 362 g/mol. The number of aromatic hydroxyl groups is 1. The summed E-state index contributed by atoms with van der Waals surface area (Å²) < 4.78 is 26.5. The molecule has 0 atom stereocenters. The lowest BCUT2D eigenvalue weighted by Crippen LogP contribution is -2.29. The lowest BCUT2D eigenvalue weighted by Gasteiger charge is -2.16. The number of benzene rings is 1. The molecule has 1 aliphatic heterocycles. The van der Waals surface area contributed by atoms with Crippen LogP contribution in [0.4, 0.5) is 5.69 Å². The number of aryl methyl sites for hydroxylation is 3. The molecule has 1 aromatic carbocycles. The molecule has 1 aromatic heterocycles. The Labute approximate surface area is 150 Å². The number of thiazole rings is 1. The molecule has 9 heteroatoms. The van der Waals surface area contributed by atoms with Gasteiger partial charge in [-0.25, -0.2) is 14.0 Å². The maximum atomic E-state index is 11.9. The predicted octanol–water partition coefficient (Wildman–Crippen LogP) is 2.60. The second-order valence-electron chi connectivity index (χ2n) is 5.71. The average Bonchev–Trinajstić information content (AvgIpc) is 3.09. The van der Waals surface area contributed by atoms with E-state index in [0.717, 1.165) is 40.3 Å². The lowest BCUT2D eigenvalue weighted by molar-refractivity contribution is 0.392. The summed E-state index contributed by atoms with van der Waals surface area (Å²) in [6, 6.07) is 4.83. The SMILES string of the molecule is CCCc1ncc(CCc2ccc(N3C=C(O)NS3(=O)=O)c(O)c2)s1. The van der Waals surface area contributed by atoms with E-state index < -0.39 is 16.1 Å². The molecule has 134 valence electrons. The third kappa shape index (κ3) is 3.88. The zero-order valence-electron chi connectivity index (χ0n) is 13.6. The molecular formula is C16H19N3O4S2. The summed E-state index contributed by atoms with van der Waals surface area (Å²) in [4.78, 5) is 5.57. The third-order valence-corrected chi connectivity index (χ3v) is 6.14. The van der Waals surface area contributed by atoms with E-state index in [2.05, 4.69) is 11.9 Å². The second-order valence-corrected chi connectivity index (χ2v) is 8.46. The predicted molar refractivity (Wildman–Crippen MR) is 96.9 cm³/mol. The van der Waals surface area contributed by atoms with Gasteiger partial charge in [-0.15, -0.1) is 11.3 Å². The summed E-state index contributed by atoms with van der Waals surface area (Å²) in [6.45, 7) is 2.12. The van der Waals surface area contributed by atoms with Crippen molar-refractivity contribution < 1.29 is 18.6 Å². The van der Waals surface area contributed by atoms with E-state index in [4.69, 9.17) is 0 Å². The first-order valence-electron chi connectivity index (χ1n) is 7.87. The van der Waals surface area contributed by atoms with Crippen LogP contribution in [0.25, 0.3) is 0 Å². The fourth-order valence-corrected chi connectivity index (χ4v) is 4.65. The topological polar surface area (TPSA) is 103 Å². The van der Waals surface area contributed by atoms with E-state index in [1.165, 1.54) is 10.9 Å². The van der Waals surface area contributed by atoms with Crippen molar-refractivity contribution in [2.75, 3.05) is 4.31 Å². The average molecular weight is 381 g/mol. The van der Waals surface area contributed by atoms with Gasteiger partial charge in [-0.2, -0.15) is 8.42 Å². The van der Waals surface area contributed by atoms with Crippen molar-refractivity contribution in [2.24, 2.45) is 0 Å². The molecule has 3 rings (SSSR count). The normalized spacial score (nSPS) is 15.9. The lowest BCUT2D eigenvalue weighted by atomic mass is 10.1. The molecule has 1 aliphatic rings. The van der Waals surface area contributed by atoms with Gasteiger partial charge in [-0.05, 0) is 43.4 Å². The zero-order valence-corrected chi connectivity index (χ0v) is 15.3. The molecule has 0 bridgehead atoms. The molecule has 2 aromatic rings. The van der Waals surface area contributed by atoms with Gasteiger partial charge in [0.25, 0.3) is 0 Å². The molecule has 0 fully saturated rings. The number of nitrogens with zero attached hydrogens (tertiary/aromatic N) is 2. The Morgan fingerprint density at radius 1 is 1.24 bits per heavy atom. The highest BCUT2D eigenvalue weighted by Gasteiger charge is 2.30. The van der Waals surface area contributed by atoms with Crippen LogP contribution in [0.1, 0.15) is 28.8 Å². The number of anilines is 1.